The van der Waals surface area contributed by atoms with Gasteiger partial charge in [-0.15, -0.1) is 0 Å². The molecule has 2 heterocycles. The molecule has 1 aliphatic carbocycles. The molecule has 108 valence electrons. The SMILES string of the molecule is COc1ccc2[nH]c(=S)n(C3CCC(SC)CC3)c2n1. The Kier molecular flexibility index (Phi) is 4.03. The quantitative estimate of drug-likeness (QED) is 0.872. The van der Waals surface area contributed by atoms with E-state index in [-0.39, 0.29) is 0 Å². The van der Waals surface area contributed by atoms with Gasteiger partial charge in [0.25, 0.3) is 0 Å². The first-order valence-electron chi connectivity index (χ1n) is 6.91. The number of fused-ring (bicyclic) bond motifs is 1. The van der Waals surface area contributed by atoms with E-state index >= 15 is 0 Å². The van der Waals surface area contributed by atoms with Gasteiger partial charge in [-0.05, 0) is 50.2 Å². The van der Waals surface area contributed by atoms with Gasteiger partial charge in [0.2, 0.25) is 5.88 Å². The van der Waals surface area contributed by atoms with Crippen LogP contribution in [-0.4, -0.2) is 33.2 Å². The fourth-order valence-electron chi connectivity index (χ4n) is 2.98. The van der Waals surface area contributed by atoms with E-state index in [4.69, 9.17) is 17.0 Å². The van der Waals surface area contributed by atoms with Crippen molar-refractivity contribution >= 4 is 35.1 Å². The van der Waals surface area contributed by atoms with Crippen molar-refractivity contribution in [3.63, 3.8) is 0 Å². The monoisotopic (exact) mass is 309 g/mol. The molecule has 0 saturated heterocycles. The first kappa shape index (κ1) is 13.9. The van der Waals surface area contributed by atoms with Crippen molar-refractivity contribution in [1.29, 1.82) is 0 Å². The molecule has 2 aromatic heterocycles. The van der Waals surface area contributed by atoms with Crippen LogP contribution in [0.2, 0.25) is 0 Å². The van der Waals surface area contributed by atoms with Gasteiger partial charge in [0.05, 0.1) is 12.6 Å². The molecule has 1 saturated carbocycles. The largest absolute Gasteiger partial charge is 0.481 e. The van der Waals surface area contributed by atoms with Gasteiger partial charge in [0.1, 0.15) is 0 Å². The highest BCUT2D eigenvalue weighted by molar-refractivity contribution is 7.99. The van der Waals surface area contributed by atoms with Gasteiger partial charge < -0.3 is 9.72 Å². The summed E-state index contributed by atoms with van der Waals surface area (Å²) in [6.07, 6.45) is 7.06. The summed E-state index contributed by atoms with van der Waals surface area (Å²) >= 11 is 7.47. The van der Waals surface area contributed by atoms with E-state index in [1.807, 2.05) is 23.9 Å². The summed E-state index contributed by atoms with van der Waals surface area (Å²) in [5, 5.41) is 0.799. The highest BCUT2D eigenvalue weighted by atomic mass is 32.2. The molecule has 1 aliphatic rings. The lowest BCUT2D eigenvalue weighted by molar-refractivity contribution is 0.360. The van der Waals surface area contributed by atoms with Gasteiger partial charge in [-0.25, -0.2) is 0 Å². The minimum atomic E-state index is 0.458. The van der Waals surface area contributed by atoms with Crippen LogP contribution in [0.5, 0.6) is 5.88 Å². The van der Waals surface area contributed by atoms with Gasteiger partial charge >= 0.3 is 0 Å². The number of H-pyrrole nitrogens is 1. The van der Waals surface area contributed by atoms with Crippen LogP contribution in [0.1, 0.15) is 31.7 Å². The number of nitrogens with one attached hydrogen (secondary N) is 1. The molecule has 6 heteroatoms. The van der Waals surface area contributed by atoms with Crippen molar-refractivity contribution in [2.75, 3.05) is 13.4 Å². The number of ether oxygens (including phenoxy) is 1. The smallest absolute Gasteiger partial charge is 0.215 e. The van der Waals surface area contributed by atoms with Gasteiger partial charge in [0.15, 0.2) is 10.4 Å². The first-order chi connectivity index (χ1) is 9.72. The molecular weight excluding hydrogens is 290 g/mol. The number of pyridine rings is 1. The molecule has 4 nitrogen and oxygen atoms in total. The third-order valence-electron chi connectivity index (χ3n) is 4.09. The van der Waals surface area contributed by atoms with E-state index in [1.165, 1.54) is 25.7 Å². The number of rotatable bonds is 3. The van der Waals surface area contributed by atoms with Gasteiger partial charge in [-0.1, -0.05) is 0 Å². The number of aromatic amines is 1. The van der Waals surface area contributed by atoms with Crippen LogP contribution in [0, 0.1) is 4.77 Å². The lowest BCUT2D eigenvalue weighted by Gasteiger charge is -2.28. The molecule has 0 atom stereocenters. The zero-order valence-electron chi connectivity index (χ0n) is 11.8. The number of hydrogen-bond acceptors (Lipinski definition) is 4. The zero-order valence-corrected chi connectivity index (χ0v) is 13.4. The molecule has 3 rings (SSSR count). The Morgan fingerprint density at radius 2 is 2.10 bits per heavy atom. The highest BCUT2D eigenvalue weighted by Crippen LogP contribution is 2.35. The Morgan fingerprint density at radius 1 is 1.35 bits per heavy atom. The summed E-state index contributed by atoms with van der Waals surface area (Å²) in [5.74, 6) is 0.637. The van der Waals surface area contributed by atoms with Crippen molar-refractivity contribution in [3.8, 4) is 5.88 Å². The van der Waals surface area contributed by atoms with E-state index in [9.17, 15) is 0 Å². The maximum absolute atomic E-state index is 5.49. The van der Waals surface area contributed by atoms with Crippen molar-refractivity contribution < 1.29 is 4.74 Å². The topological polar surface area (TPSA) is 42.8 Å². The molecule has 0 radical (unpaired) electrons. The van der Waals surface area contributed by atoms with Crippen LogP contribution in [0.15, 0.2) is 12.1 Å². The second-order valence-electron chi connectivity index (χ2n) is 5.19. The summed E-state index contributed by atoms with van der Waals surface area (Å²) in [5.41, 5.74) is 1.91. The van der Waals surface area contributed by atoms with E-state index in [0.717, 1.165) is 21.2 Å². The number of nitrogens with zero attached hydrogens (tertiary/aromatic N) is 2. The third-order valence-corrected chi connectivity index (χ3v) is 5.53. The van der Waals surface area contributed by atoms with E-state index in [0.29, 0.717) is 11.9 Å². The maximum Gasteiger partial charge on any atom is 0.215 e. The highest BCUT2D eigenvalue weighted by Gasteiger charge is 2.24. The Labute approximate surface area is 127 Å². The lowest BCUT2D eigenvalue weighted by atomic mass is 9.95. The third kappa shape index (κ3) is 2.46. The molecule has 0 unspecified atom stereocenters. The first-order valence-corrected chi connectivity index (χ1v) is 8.60. The average molecular weight is 309 g/mol. The molecule has 1 N–H and O–H groups in total. The zero-order chi connectivity index (χ0) is 14.1. The van der Waals surface area contributed by atoms with Crippen LogP contribution in [0.25, 0.3) is 11.2 Å². The fourth-order valence-corrected chi connectivity index (χ4v) is 4.06. The number of hydrogen-bond donors (Lipinski definition) is 1. The summed E-state index contributed by atoms with van der Waals surface area (Å²) in [6.45, 7) is 0. The van der Waals surface area contributed by atoms with Gasteiger partial charge in [0, 0.05) is 17.4 Å². The molecule has 0 spiro atoms. The fraction of sp³-hybridized carbons (Fsp3) is 0.571. The standard InChI is InChI=1S/C14H19N3OS2/c1-18-12-8-7-11-13(16-12)17(14(19)15-11)9-3-5-10(20-2)6-4-9/h7-10H,3-6H2,1-2H3,(H,15,19). The van der Waals surface area contributed by atoms with Crippen molar-refractivity contribution in [2.45, 2.75) is 37.0 Å². The number of aromatic nitrogens is 3. The molecule has 1 fully saturated rings. The molecule has 2 aromatic rings. The maximum atomic E-state index is 5.49. The van der Waals surface area contributed by atoms with Crippen molar-refractivity contribution in [3.05, 3.63) is 16.9 Å². The summed E-state index contributed by atoms with van der Waals surface area (Å²) < 4.78 is 8.19. The molecular formula is C14H19N3OS2. The molecule has 20 heavy (non-hydrogen) atoms. The summed E-state index contributed by atoms with van der Waals surface area (Å²) in [4.78, 5) is 7.82. The van der Waals surface area contributed by atoms with E-state index in [1.54, 1.807) is 7.11 Å². The van der Waals surface area contributed by atoms with Gasteiger partial charge in [-0.2, -0.15) is 16.7 Å². The minimum Gasteiger partial charge on any atom is -0.481 e. The Morgan fingerprint density at radius 3 is 2.75 bits per heavy atom. The minimum absolute atomic E-state index is 0.458. The number of imidazole rings is 1. The van der Waals surface area contributed by atoms with Crippen LogP contribution in [0.3, 0.4) is 0 Å². The van der Waals surface area contributed by atoms with Crippen LogP contribution in [0.4, 0.5) is 0 Å². The van der Waals surface area contributed by atoms with E-state index < -0.39 is 0 Å². The average Bonchev–Trinajstić information content (AvgIpc) is 2.82. The summed E-state index contributed by atoms with van der Waals surface area (Å²) in [7, 11) is 1.64. The Balaban J connectivity index is 1.98. The van der Waals surface area contributed by atoms with Crippen molar-refractivity contribution in [1.82, 2.24) is 14.5 Å². The second-order valence-corrected chi connectivity index (χ2v) is 6.72. The van der Waals surface area contributed by atoms with Crippen molar-refractivity contribution in [2.24, 2.45) is 0 Å². The van der Waals surface area contributed by atoms with Crippen LogP contribution >= 0.6 is 24.0 Å². The Hall–Kier alpha value is -1.01. The second kappa shape index (κ2) is 5.77. The Bertz CT molecular complexity index is 656. The summed E-state index contributed by atoms with van der Waals surface area (Å²) in [6, 6.07) is 4.31. The predicted octanol–water partition coefficient (Wildman–Crippen LogP) is 3.95. The molecule has 0 bridgehead atoms. The number of methoxy groups -OCH3 is 1. The molecule has 0 aromatic carbocycles. The van der Waals surface area contributed by atoms with Gasteiger partial charge in [-0.3, -0.25) is 4.57 Å². The normalized spacial score (nSPS) is 23.1. The van der Waals surface area contributed by atoms with Crippen LogP contribution < -0.4 is 4.74 Å². The number of thioether (sulfide) groups is 1. The predicted molar refractivity (Wildman–Crippen MR) is 86.3 cm³/mol. The van der Waals surface area contributed by atoms with Crippen LogP contribution in [-0.2, 0) is 0 Å². The lowest BCUT2D eigenvalue weighted by Crippen LogP contribution is -2.19. The molecule has 0 amide bonds. The molecule has 0 aliphatic heterocycles. The van der Waals surface area contributed by atoms with E-state index in [2.05, 4.69) is 20.8 Å².